The molecule has 0 aliphatic carbocycles. The van der Waals surface area contributed by atoms with Crippen LogP contribution in [0, 0.1) is 5.82 Å². The van der Waals surface area contributed by atoms with Crippen LogP contribution in [0.3, 0.4) is 0 Å². The number of hydrogen-bond donors (Lipinski definition) is 1. The molecule has 1 N–H and O–H groups in total. The van der Waals surface area contributed by atoms with Gasteiger partial charge in [0, 0.05) is 24.7 Å². The Morgan fingerprint density at radius 3 is 2.64 bits per heavy atom. The molecule has 9 heteroatoms. The molecular weight excluding hydrogens is 378 g/mol. The number of nitrogens with zero attached hydrogens (tertiary/aromatic N) is 2. The van der Waals surface area contributed by atoms with Crippen molar-refractivity contribution in [3.63, 3.8) is 0 Å². The lowest BCUT2D eigenvalue weighted by atomic mass is 10.1. The molecule has 0 aliphatic heterocycles. The number of carbonyl (C=O) groups is 1. The first-order valence-electron chi connectivity index (χ1n) is 8.35. The number of aromatic nitrogens is 2. The Morgan fingerprint density at radius 1 is 1.25 bits per heavy atom. The Kier molecular flexibility index (Phi) is 5.26. The lowest BCUT2D eigenvalue weighted by Gasteiger charge is -2.15. The van der Waals surface area contributed by atoms with Gasteiger partial charge in [0.2, 0.25) is 5.88 Å². The number of fused-ring (bicyclic) bond motifs is 1. The van der Waals surface area contributed by atoms with Crippen LogP contribution in [0.25, 0.3) is 10.9 Å². The molecule has 3 rings (SSSR count). The van der Waals surface area contributed by atoms with Crippen LogP contribution in [0.15, 0.2) is 42.6 Å². The van der Waals surface area contributed by atoms with E-state index in [1.165, 1.54) is 30.5 Å². The first-order valence-corrected chi connectivity index (χ1v) is 8.35. The molecule has 2 aromatic heterocycles. The Morgan fingerprint density at radius 2 is 2.00 bits per heavy atom. The minimum atomic E-state index is -4.44. The minimum Gasteiger partial charge on any atom is -0.468 e. The van der Waals surface area contributed by atoms with Crippen LogP contribution in [-0.2, 0) is 7.05 Å². The Bertz CT molecular complexity index is 997. The summed E-state index contributed by atoms with van der Waals surface area (Å²) < 4.78 is 56.1. The van der Waals surface area contributed by atoms with E-state index in [2.05, 4.69) is 15.0 Å². The fourth-order valence-electron chi connectivity index (χ4n) is 2.76. The second-order valence-electron chi connectivity index (χ2n) is 6.32. The molecule has 1 atom stereocenters. The van der Waals surface area contributed by atoms with Gasteiger partial charge in [-0.15, -0.1) is 0 Å². The van der Waals surface area contributed by atoms with E-state index in [-0.39, 0.29) is 11.8 Å². The molecular formula is C19H17F4N3O2. The highest BCUT2D eigenvalue weighted by Crippen LogP contribution is 2.22. The van der Waals surface area contributed by atoms with Crippen LogP contribution in [-0.4, -0.2) is 28.2 Å². The summed E-state index contributed by atoms with van der Waals surface area (Å²) in [6, 6.07) is 8.30. The molecule has 3 aromatic rings. The summed E-state index contributed by atoms with van der Waals surface area (Å²) in [6.07, 6.45) is -3.10. The van der Waals surface area contributed by atoms with Crippen LogP contribution in [0.2, 0.25) is 0 Å². The van der Waals surface area contributed by atoms with Gasteiger partial charge in [0.05, 0.1) is 11.6 Å². The lowest BCUT2D eigenvalue weighted by Crippen LogP contribution is -2.28. The van der Waals surface area contributed by atoms with Gasteiger partial charge in [-0.3, -0.25) is 4.79 Å². The first-order chi connectivity index (χ1) is 13.1. The molecule has 0 spiro atoms. The molecule has 0 bridgehead atoms. The molecule has 0 aliphatic rings. The van der Waals surface area contributed by atoms with Crippen molar-refractivity contribution in [3.8, 4) is 5.88 Å². The van der Waals surface area contributed by atoms with Crippen LogP contribution in [0.5, 0.6) is 5.88 Å². The molecule has 2 heterocycles. The van der Waals surface area contributed by atoms with E-state index in [4.69, 9.17) is 0 Å². The lowest BCUT2D eigenvalue weighted by molar-refractivity contribution is -0.154. The largest absolute Gasteiger partial charge is 0.468 e. The minimum absolute atomic E-state index is 0.157. The van der Waals surface area contributed by atoms with Gasteiger partial charge in [-0.05, 0) is 36.8 Å². The number of nitrogens with one attached hydrogen (secondary N) is 1. The third kappa shape index (κ3) is 4.41. The molecule has 148 valence electrons. The summed E-state index contributed by atoms with van der Waals surface area (Å²) in [5, 5.41) is 3.52. The van der Waals surface area contributed by atoms with Crippen molar-refractivity contribution in [2.75, 3.05) is 6.61 Å². The summed E-state index contributed by atoms with van der Waals surface area (Å²) >= 11 is 0. The average Bonchev–Trinajstić information content (AvgIpc) is 2.96. The molecule has 28 heavy (non-hydrogen) atoms. The SMILES string of the molecule is CC(NC(=O)c1cc2ccc(F)cc2n1C)c1ccc(OCC(F)(F)F)nc1. The second-order valence-corrected chi connectivity index (χ2v) is 6.32. The van der Waals surface area contributed by atoms with Crippen molar-refractivity contribution in [1.82, 2.24) is 14.9 Å². The van der Waals surface area contributed by atoms with E-state index in [0.29, 0.717) is 16.8 Å². The highest BCUT2D eigenvalue weighted by Gasteiger charge is 2.28. The monoisotopic (exact) mass is 395 g/mol. The Hall–Kier alpha value is -3.10. The predicted molar refractivity (Wildman–Crippen MR) is 94.5 cm³/mol. The number of halogens is 4. The van der Waals surface area contributed by atoms with Gasteiger partial charge in [-0.25, -0.2) is 9.37 Å². The van der Waals surface area contributed by atoms with E-state index in [1.807, 2.05) is 0 Å². The molecule has 0 radical (unpaired) electrons. The number of pyridine rings is 1. The summed E-state index contributed by atoms with van der Waals surface area (Å²) in [7, 11) is 1.66. The number of amides is 1. The van der Waals surface area contributed by atoms with E-state index in [0.717, 1.165) is 5.39 Å². The summed E-state index contributed by atoms with van der Waals surface area (Å²) in [4.78, 5) is 16.4. The van der Waals surface area contributed by atoms with Gasteiger partial charge in [0.1, 0.15) is 11.5 Å². The number of aryl methyl sites for hydroxylation is 1. The molecule has 1 unspecified atom stereocenters. The smallest absolute Gasteiger partial charge is 0.422 e. The van der Waals surface area contributed by atoms with E-state index >= 15 is 0 Å². The van der Waals surface area contributed by atoms with Gasteiger partial charge in [-0.1, -0.05) is 6.07 Å². The zero-order chi connectivity index (χ0) is 20.5. The van der Waals surface area contributed by atoms with Crippen molar-refractivity contribution in [3.05, 3.63) is 59.7 Å². The zero-order valence-corrected chi connectivity index (χ0v) is 15.0. The summed E-state index contributed by atoms with van der Waals surface area (Å²) in [6.45, 7) is 0.292. The van der Waals surface area contributed by atoms with Gasteiger partial charge in [-0.2, -0.15) is 13.2 Å². The topological polar surface area (TPSA) is 56.2 Å². The van der Waals surface area contributed by atoms with Gasteiger partial charge in [0.15, 0.2) is 6.61 Å². The number of carbonyl (C=O) groups excluding carboxylic acids is 1. The highest BCUT2D eigenvalue weighted by atomic mass is 19.4. The second kappa shape index (κ2) is 7.49. The summed E-state index contributed by atoms with van der Waals surface area (Å²) in [5.41, 5.74) is 1.54. The predicted octanol–water partition coefficient (Wildman–Crippen LogP) is 4.14. The number of hydrogen-bond acceptors (Lipinski definition) is 3. The normalized spacial score (nSPS) is 12.8. The fourth-order valence-corrected chi connectivity index (χ4v) is 2.76. The quantitative estimate of drug-likeness (QED) is 0.661. The Labute approximate surface area is 157 Å². The maximum absolute atomic E-state index is 13.4. The van der Waals surface area contributed by atoms with Crippen molar-refractivity contribution in [2.45, 2.75) is 19.1 Å². The van der Waals surface area contributed by atoms with Crippen molar-refractivity contribution in [1.29, 1.82) is 0 Å². The number of alkyl halides is 3. The molecule has 1 amide bonds. The zero-order valence-electron chi connectivity index (χ0n) is 15.0. The van der Waals surface area contributed by atoms with Gasteiger partial charge in [0.25, 0.3) is 5.91 Å². The standard InChI is InChI=1S/C19H17F4N3O2/c1-11(13-4-6-17(24-9-13)28-10-19(21,22)23)25-18(27)16-7-12-3-5-14(20)8-15(12)26(16)2/h3-9,11H,10H2,1-2H3,(H,25,27). The van der Waals surface area contributed by atoms with Crippen LogP contribution < -0.4 is 10.1 Å². The van der Waals surface area contributed by atoms with E-state index in [1.54, 1.807) is 30.7 Å². The van der Waals surface area contributed by atoms with Crippen LogP contribution in [0.1, 0.15) is 29.0 Å². The van der Waals surface area contributed by atoms with E-state index < -0.39 is 24.6 Å². The fraction of sp³-hybridized carbons (Fsp3) is 0.263. The van der Waals surface area contributed by atoms with Gasteiger partial charge < -0.3 is 14.6 Å². The molecule has 0 saturated carbocycles. The maximum Gasteiger partial charge on any atom is 0.422 e. The maximum atomic E-state index is 13.4. The molecule has 0 fully saturated rings. The highest BCUT2D eigenvalue weighted by molar-refractivity contribution is 5.98. The van der Waals surface area contributed by atoms with Crippen molar-refractivity contribution >= 4 is 16.8 Å². The number of rotatable bonds is 5. The van der Waals surface area contributed by atoms with Crippen LogP contribution >= 0.6 is 0 Å². The Balaban J connectivity index is 1.70. The summed E-state index contributed by atoms with van der Waals surface area (Å²) in [5.74, 6) is -0.924. The molecule has 1 aromatic carbocycles. The average molecular weight is 395 g/mol. The number of ether oxygens (including phenoxy) is 1. The van der Waals surface area contributed by atoms with Crippen molar-refractivity contribution in [2.24, 2.45) is 7.05 Å². The molecule has 5 nitrogen and oxygen atoms in total. The third-order valence-corrected chi connectivity index (χ3v) is 4.23. The van der Waals surface area contributed by atoms with Crippen molar-refractivity contribution < 1.29 is 27.1 Å². The molecule has 0 saturated heterocycles. The van der Waals surface area contributed by atoms with Crippen LogP contribution in [0.4, 0.5) is 17.6 Å². The number of benzene rings is 1. The third-order valence-electron chi connectivity index (χ3n) is 4.23. The first kappa shape index (κ1) is 19.7. The van der Waals surface area contributed by atoms with Gasteiger partial charge >= 0.3 is 6.18 Å². The van der Waals surface area contributed by atoms with E-state index in [9.17, 15) is 22.4 Å².